The van der Waals surface area contributed by atoms with Crippen molar-refractivity contribution in [2.45, 2.75) is 78.6 Å². The first-order valence-corrected chi connectivity index (χ1v) is 13.7. The van der Waals surface area contributed by atoms with Crippen LogP contribution in [0.1, 0.15) is 99.3 Å². The summed E-state index contributed by atoms with van der Waals surface area (Å²) in [5.74, 6) is -0.965. The second-order valence-electron chi connectivity index (χ2n) is 8.62. The van der Waals surface area contributed by atoms with Crippen LogP contribution >= 0.6 is 0 Å². The number of ether oxygens (including phenoxy) is 1. The molecule has 0 atom stereocenters. The molecule has 0 unspecified atom stereocenters. The number of Topliss-reactive ketones (excluding diaryl/α,β-unsaturated/α-hetero) is 2. The minimum absolute atomic E-state index is 0.0550. The summed E-state index contributed by atoms with van der Waals surface area (Å²) in [5, 5.41) is 2.83. The van der Waals surface area contributed by atoms with E-state index in [4.69, 9.17) is 5.73 Å². The van der Waals surface area contributed by atoms with Crippen molar-refractivity contribution in [3.05, 3.63) is 71.8 Å². The zero-order chi connectivity index (χ0) is 28.4. The Hall–Kier alpha value is -3.32. The standard InChI is InChI=1S/C18H27NO2.C11H12O3.C2H7N/c1-2-3-4-5-6-7-11-14-19-18(21)15-17(20)16-12-9-8-10-13-16;1-2-14-11(13)8-10(12)9-6-4-3-5-7-9;1-2-3/h8-10,12-13H,2-7,11,14-15H2,1H3,(H,19,21);3-7H,2,8H2,1H3;2-3H2,1H3. The molecule has 210 valence electrons. The Morgan fingerprint density at radius 3 is 1.61 bits per heavy atom. The fraction of sp³-hybridized carbons (Fsp3) is 0.484. The van der Waals surface area contributed by atoms with Crippen LogP contribution in [-0.4, -0.2) is 43.1 Å². The van der Waals surface area contributed by atoms with E-state index in [0.29, 0.717) is 24.3 Å². The van der Waals surface area contributed by atoms with Crippen molar-refractivity contribution in [3.63, 3.8) is 0 Å². The lowest BCUT2D eigenvalue weighted by Gasteiger charge is -2.05. The van der Waals surface area contributed by atoms with Crippen molar-refractivity contribution < 1.29 is 23.9 Å². The van der Waals surface area contributed by atoms with Crippen LogP contribution in [0, 0.1) is 0 Å². The van der Waals surface area contributed by atoms with Crippen LogP contribution in [0.15, 0.2) is 60.7 Å². The zero-order valence-electron chi connectivity index (χ0n) is 23.4. The van der Waals surface area contributed by atoms with Gasteiger partial charge >= 0.3 is 5.97 Å². The van der Waals surface area contributed by atoms with Crippen LogP contribution in [0.2, 0.25) is 0 Å². The topological polar surface area (TPSA) is 116 Å². The number of rotatable bonds is 15. The van der Waals surface area contributed by atoms with Crippen LogP contribution in [0.25, 0.3) is 0 Å². The van der Waals surface area contributed by atoms with Crippen LogP contribution in [0.5, 0.6) is 0 Å². The van der Waals surface area contributed by atoms with E-state index in [9.17, 15) is 19.2 Å². The van der Waals surface area contributed by atoms with E-state index in [1.54, 1.807) is 43.3 Å². The second-order valence-corrected chi connectivity index (χ2v) is 8.62. The second kappa shape index (κ2) is 24.0. The smallest absolute Gasteiger partial charge is 0.313 e. The maximum atomic E-state index is 11.8. The highest BCUT2D eigenvalue weighted by atomic mass is 16.5. The molecule has 0 radical (unpaired) electrons. The number of esters is 1. The number of amides is 1. The van der Waals surface area contributed by atoms with Gasteiger partial charge in [0.1, 0.15) is 6.42 Å². The molecule has 2 aromatic rings. The summed E-state index contributed by atoms with van der Waals surface area (Å²) in [6, 6.07) is 17.7. The molecule has 0 heterocycles. The Morgan fingerprint density at radius 1 is 0.684 bits per heavy atom. The number of hydrogen-bond donors (Lipinski definition) is 2. The first-order chi connectivity index (χ1) is 18.4. The first-order valence-electron chi connectivity index (χ1n) is 13.7. The Balaban J connectivity index is 0.000000694. The van der Waals surface area contributed by atoms with E-state index in [2.05, 4.69) is 17.0 Å². The van der Waals surface area contributed by atoms with Gasteiger partial charge in [-0.05, 0) is 19.9 Å². The van der Waals surface area contributed by atoms with Crippen LogP contribution in [0.4, 0.5) is 0 Å². The maximum Gasteiger partial charge on any atom is 0.313 e. The molecular weight excluding hydrogens is 480 g/mol. The van der Waals surface area contributed by atoms with Gasteiger partial charge in [0, 0.05) is 17.7 Å². The van der Waals surface area contributed by atoms with Crippen molar-refractivity contribution in [3.8, 4) is 0 Å². The minimum atomic E-state index is -0.471. The summed E-state index contributed by atoms with van der Waals surface area (Å²) < 4.78 is 4.67. The number of unbranched alkanes of at least 4 members (excludes halogenated alkanes) is 6. The molecule has 0 aliphatic carbocycles. The average molecular weight is 527 g/mol. The molecule has 0 bridgehead atoms. The van der Waals surface area contributed by atoms with Gasteiger partial charge in [0.2, 0.25) is 5.91 Å². The molecule has 0 spiro atoms. The summed E-state index contributed by atoms with van der Waals surface area (Å²) in [7, 11) is 0. The predicted molar refractivity (Wildman–Crippen MR) is 153 cm³/mol. The van der Waals surface area contributed by atoms with Gasteiger partial charge in [-0.1, -0.05) is 113 Å². The SMILES string of the molecule is CCCCCCCCCNC(=O)CC(=O)c1ccccc1.CCN.CCOC(=O)CC(=O)c1ccccc1. The van der Waals surface area contributed by atoms with Crippen molar-refractivity contribution >= 4 is 23.4 Å². The van der Waals surface area contributed by atoms with Gasteiger partial charge in [0.15, 0.2) is 11.6 Å². The molecule has 2 rings (SSSR count). The van der Waals surface area contributed by atoms with Crippen molar-refractivity contribution in [1.82, 2.24) is 5.32 Å². The van der Waals surface area contributed by atoms with E-state index in [-0.39, 0.29) is 30.3 Å². The number of nitrogens with one attached hydrogen (secondary N) is 1. The Morgan fingerprint density at radius 2 is 1.13 bits per heavy atom. The Bertz CT molecular complexity index is 901. The molecule has 38 heavy (non-hydrogen) atoms. The monoisotopic (exact) mass is 526 g/mol. The summed E-state index contributed by atoms with van der Waals surface area (Å²) in [4.78, 5) is 45.9. The Labute approximate surface area is 228 Å². The summed E-state index contributed by atoms with van der Waals surface area (Å²) in [5.41, 5.74) is 5.99. The third kappa shape index (κ3) is 18.9. The molecule has 0 aliphatic heterocycles. The average Bonchev–Trinajstić information content (AvgIpc) is 2.92. The number of hydrogen-bond acceptors (Lipinski definition) is 6. The van der Waals surface area contributed by atoms with Gasteiger partial charge in [-0.2, -0.15) is 0 Å². The molecule has 0 fully saturated rings. The number of benzene rings is 2. The molecule has 3 N–H and O–H groups in total. The third-order valence-corrected chi connectivity index (χ3v) is 5.23. The van der Waals surface area contributed by atoms with E-state index in [0.717, 1.165) is 19.4 Å². The quantitative estimate of drug-likeness (QED) is 0.129. The van der Waals surface area contributed by atoms with Gasteiger partial charge in [-0.3, -0.25) is 19.2 Å². The first kappa shape index (κ1) is 34.7. The van der Waals surface area contributed by atoms with Gasteiger partial charge in [-0.15, -0.1) is 0 Å². The molecular formula is C31H46N2O5. The molecule has 0 saturated carbocycles. The highest BCUT2D eigenvalue weighted by Gasteiger charge is 2.12. The highest BCUT2D eigenvalue weighted by molar-refractivity contribution is 6.07. The van der Waals surface area contributed by atoms with Crippen molar-refractivity contribution in [1.29, 1.82) is 0 Å². The van der Waals surface area contributed by atoms with E-state index >= 15 is 0 Å². The lowest BCUT2D eigenvalue weighted by Crippen LogP contribution is -2.26. The van der Waals surface area contributed by atoms with Gasteiger partial charge in [0.05, 0.1) is 13.0 Å². The molecule has 2 aromatic carbocycles. The molecule has 7 heteroatoms. The molecule has 0 saturated heterocycles. The number of carbonyl (C=O) groups excluding carboxylic acids is 4. The number of ketones is 2. The van der Waals surface area contributed by atoms with E-state index < -0.39 is 5.97 Å². The fourth-order valence-corrected chi connectivity index (χ4v) is 3.31. The summed E-state index contributed by atoms with van der Waals surface area (Å²) >= 11 is 0. The summed E-state index contributed by atoms with van der Waals surface area (Å²) in [6.07, 6.45) is 8.33. The van der Waals surface area contributed by atoms with Crippen LogP contribution < -0.4 is 11.1 Å². The van der Waals surface area contributed by atoms with Gasteiger partial charge in [0.25, 0.3) is 0 Å². The van der Waals surface area contributed by atoms with Crippen LogP contribution in [-0.2, 0) is 14.3 Å². The Kier molecular flexibility index (Phi) is 21.9. The molecule has 0 aliphatic rings. The molecule has 1 amide bonds. The van der Waals surface area contributed by atoms with Crippen molar-refractivity contribution in [2.24, 2.45) is 5.73 Å². The van der Waals surface area contributed by atoms with Gasteiger partial charge in [-0.25, -0.2) is 0 Å². The molecule has 0 aromatic heterocycles. The molecule has 7 nitrogen and oxygen atoms in total. The lowest BCUT2D eigenvalue weighted by molar-refractivity contribution is -0.142. The third-order valence-electron chi connectivity index (χ3n) is 5.23. The number of carbonyl (C=O) groups is 4. The van der Waals surface area contributed by atoms with Crippen LogP contribution in [0.3, 0.4) is 0 Å². The fourth-order valence-electron chi connectivity index (χ4n) is 3.31. The largest absolute Gasteiger partial charge is 0.466 e. The number of nitrogens with two attached hydrogens (primary N) is 1. The highest BCUT2D eigenvalue weighted by Crippen LogP contribution is 2.07. The van der Waals surface area contributed by atoms with E-state index in [1.165, 1.54) is 32.1 Å². The maximum absolute atomic E-state index is 11.8. The lowest BCUT2D eigenvalue weighted by atomic mass is 10.1. The van der Waals surface area contributed by atoms with Crippen molar-refractivity contribution in [2.75, 3.05) is 19.7 Å². The van der Waals surface area contributed by atoms with E-state index in [1.807, 2.05) is 31.2 Å². The zero-order valence-corrected chi connectivity index (χ0v) is 23.4. The normalized spacial score (nSPS) is 9.68. The predicted octanol–water partition coefficient (Wildman–Crippen LogP) is 5.91. The minimum Gasteiger partial charge on any atom is -0.466 e. The summed E-state index contributed by atoms with van der Waals surface area (Å²) in [6.45, 7) is 7.56. The van der Waals surface area contributed by atoms with Gasteiger partial charge < -0.3 is 15.8 Å².